The highest BCUT2D eigenvalue weighted by Crippen LogP contribution is 2.33. The summed E-state index contributed by atoms with van der Waals surface area (Å²) in [4.78, 5) is 4.07. The van der Waals surface area contributed by atoms with Crippen LogP contribution in [0.2, 0.25) is 5.02 Å². The molecule has 0 radical (unpaired) electrons. The lowest BCUT2D eigenvalue weighted by Crippen LogP contribution is -1.94. The fourth-order valence-corrected chi connectivity index (χ4v) is 2.32. The van der Waals surface area contributed by atoms with Crippen molar-refractivity contribution in [2.24, 2.45) is 0 Å². The van der Waals surface area contributed by atoms with Gasteiger partial charge in [-0.1, -0.05) is 41.9 Å². The minimum absolute atomic E-state index is 0.416. The molecule has 0 aliphatic carbocycles. The Morgan fingerprint density at radius 1 is 0.857 bits per heavy atom. The van der Waals surface area contributed by atoms with E-state index in [1.165, 1.54) is 0 Å². The predicted octanol–water partition coefficient (Wildman–Crippen LogP) is 4.78. The number of aromatic nitrogens is 1. The van der Waals surface area contributed by atoms with Crippen molar-refractivity contribution < 1.29 is 4.74 Å². The van der Waals surface area contributed by atoms with Gasteiger partial charge in [-0.25, -0.2) is 4.98 Å². The van der Waals surface area contributed by atoms with Gasteiger partial charge in [0.05, 0.1) is 5.02 Å². The lowest BCUT2D eigenvalue weighted by Gasteiger charge is -2.09. The molecule has 3 aromatic rings. The average molecular weight is 297 g/mol. The van der Waals surface area contributed by atoms with Crippen LogP contribution in [-0.4, -0.2) is 4.98 Å². The Bertz CT molecular complexity index is 722. The molecule has 3 rings (SSSR count). The van der Waals surface area contributed by atoms with Gasteiger partial charge < -0.3 is 10.5 Å². The second kappa shape index (κ2) is 5.85. The highest BCUT2D eigenvalue weighted by atomic mass is 35.5. The maximum absolute atomic E-state index is 6.18. The molecule has 0 unspecified atom stereocenters. The number of benzene rings is 2. The average Bonchev–Trinajstić information content (AvgIpc) is 2.50. The first-order valence-electron chi connectivity index (χ1n) is 6.47. The standard InChI is InChI=1S/C17H13ClN2O/c18-15-10-11-20-17(19)16(15)12-6-8-14(9-7-12)21-13-4-2-1-3-5-13/h1-11H,(H2,19,20). The minimum atomic E-state index is 0.416. The van der Waals surface area contributed by atoms with Crippen molar-refractivity contribution in [3.05, 3.63) is 71.9 Å². The lowest BCUT2D eigenvalue weighted by atomic mass is 10.1. The zero-order valence-electron chi connectivity index (χ0n) is 11.2. The molecular formula is C17H13ClN2O. The van der Waals surface area contributed by atoms with Gasteiger partial charge in [-0.05, 0) is 35.9 Å². The fraction of sp³-hybridized carbons (Fsp3) is 0. The summed E-state index contributed by atoms with van der Waals surface area (Å²) in [6, 6.07) is 18.9. The van der Waals surface area contributed by atoms with Crippen LogP contribution in [0.15, 0.2) is 66.9 Å². The molecule has 0 atom stereocenters. The quantitative estimate of drug-likeness (QED) is 0.757. The van der Waals surface area contributed by atoms with Gasteiger partial charge in [0.2, 0.25) is 0 Å². The van der Waals surface area contributed by atoms with Crippen LogP contribution in [0.3, 0.4) is 0 Å². The van der Waals surface area contributed by atoms with Crippen molar-refractivity contribution in [2.75, 3.05) is 5.73 Å². The number of nitrogens with two attached hydrogens (primary N) is 1. The summed E-state index contributed by atoms with van der Waals surface area (Å²) in [7, 11) is 0. The van der Waals surface area contributed by atoms with Crippen LogP contribution in [0.4, 0.5) is 5.82 Å². The summed E-state index contributed by atoms with van der Waals surface area (Å²) in [5, 5.41) is 0.583. The maximum Gasteiger partial charge on any atom is 0.132 e. The molecule has 0 amide bonds. The number of hydrogen-bond donors (Lipinski definition) is 1. The minimum Gasteiger partial charge on any atom is -0.457 e. The first kappa shape index (κ1) is 13.5. The van der Waals surface area contributed by atoms with Crippen molar-refractivity contribution in [3.63, 3.8) is 0 Å². The van der Waals surface area contributed by atoms with E-state index in [4.69, 9.17) is 22.1 Å². The van der Waals surface area contributed by atoms with E-state index in [0.29, 0.717) is 10.8 Å². The highest BCUT2D eigenvalue weighted by molar-refractivity contribution is 6.33. The Balaban J connectivity index is 1.88. The van der Waals surface area contributed by atoms with E-state index in [9.17, 15) is 0 Å². The third-order valence-electron chi connectivity index (χ3n) is 3.05. The fourth-order valence-electron chi connectivity index (χ4n) is 2.05. The largest absolute Gasteiger partial charge is 0.457 e. The Morgan fingerprint density at radius 2 is 1.52 bits per heavy atom. The Kier molecular flexibility index (Phi) is 3.75. The van der Waals surface area contributed by atoms with E-state index in [0.717, 1.165) is 22.6 Å². The summed E-state index contributed by atoms with van der Waals surface area (Å²) in [5.74, 6) is 1.96. The maximum atomic E-state index is 6.18. The van der Waals surface area contributed by atoms with Gasteiger partial charge in [0.25, 0.3) is 0 Å². The summed E-state index contributed by atoms with van der Waals surface area (Å²) >= 11 is 6.18. The van der Waals surface area contributed by atoms with E-state index >= 15 is 0 Å². The molecule has 0 aliphatic heterocycles. The summed E-state index contributed by atoms with van der Waals surface area (Å²) in [6.45, 7) is 0. The van der Waals surface area contributed by atoms with Crippen LogP contribution in [0.5, 0.6) is 11.5 Å². The van der Waals surface area contributed by atoms with E-state index in [-0.39, 0.29) is 0 Å². The predicted molar refractivity (Wildman–Crippen MR) is 85.6 cm³/mol. The molecule has 1 aromatic heterocycles. The van der Waals surface area contributed by atoms with Crippen LogP contribution in [0.25, 0.3) is 11.1 Å². The molecule has 1 heterocycles. The number of para-hydroxylation sites is 1. The number of hydrogen-bond acceptors (Lipinski definition) is 3. The molecule has 0 fully saturated rings. The second-order valence-corrected chi connectivity index (χ2v) is 4.90. The van der Waals surface area contributed by atoms with Gasteiger partial charge in [0.15, 0.2) is 0 Å². The molecule has 0 saturated heterocycles. The number of ether oxygens (including phenoxy) is 1. The first-order chi connectivity index (χ1) is 10.2. The monoisotopic (exact) mass is 296 g/mol. The summed E-state index contributed by atoms with van der Waals surface area (Å²) in [5.41, 5.74) is 7.54. The number of rotatable bonds is 3. The zero-order valence-corrected chi connectivity index (χ0v) is 11.9. The topological polar surface area (TPSA) is 48.1 Å². The number of pyridine rings is 1. The van der Waals surface area contributed by atoms with E-state index in [1.807, 2.05) is 54.6 Å². The van der Waals surface area contributed by atoms with Crippen molar-refractivity contribution >= 4 is 17.4 Å². The van der Waals surface area contributed by atoms with Crippen LogP contribution in [0, 0.1) is 0 Å². The van der Waals surface area contributed by atoms with Crippen molar-refractivity contribution in [2.45, 2.75) is 0 Å². The number of nitrogens with zero attached hydrogens (tertiary/aromatic N) is 1. The van der Waals surface area contributed by atoms with Gasteiger partial charge in [0, 0.05) is 11.8 Å². The smallest absolute Gasteiger partial charge is 0.132 e. The molecule has 2 aromatic carbocycles. The van der Waals surface area contributed by atoms with Gasteiger partial charge >= 0.3 is 0 Å². The van der Waals surface area contributed by atoms with E-state index in [1.54, 1.807) is 12.3 Å². The van der Waals surface area contributed by atoms with Crippen molar-refractivity contribution in [1.29, 1.82) is 0 Å². The highest BCUT2D eigenvalue weighted by Gasteiger charge is 2.08. The Hall–Kier alpha value is -2.52. The molecule has 0 aliphatic rings. The van der Waals surface area contributed by atoms with E-state index < -0.39 is 0 Å². The molecule has 0 spiro atoms. The summed E-state index contributed by atoms with van der Waals surface area (Å²) < 4.78 is 5.75. The van der Waals surface area contributed by atoms with Crippen LogP contribution < -0.4 is 10.5 Å². The third kappa shape index (κ3) is 2.98. The molecule has 104 valence electrons. The Labute approximate surface area is 128 Å². The molecule has 21 heavy (non-hydrogen) atoms. The molecule has 3 nitrogen and oxygen atoms in total. The first-order valence-corrected chi connectivity index (χ1v) is 6.85. The lowest BCUT2D eigenvalue weighted by molar-refractivity contribution is 0.483. The van der Waals surface area contributed by atoms with Crippen molar-refractivity contribution in [1.82, 2.24) is 4.98 Å². The third-order valence-corrected chi connectivity index (χ3v) is 3.37. The van der Waals surface area contributed by atoms with Crippen molar-refractivity contribution in [3.8, 4) is 22.6 Å². The Morgan fingerprint density at radius 3 is 2.19 bits per heavy atom. The molecule has 2 N–H and O–H groups in total. The number of anilines is 1. The second-order valence-electron chi connectivity index (χ2n) is 4.49. The van der Waals surface area contributed by atoms with Crippen LogP contribution in [0.1, 0.15) is 0 Å². The molecule has 0 saturated carbocycles. The normalized spacial score (nSPS) is 10.3. The van der Waals surface area contributed by atoms with Crippen LogP contribution >= 0.6 is 11.6 Å². The van der Waals surface area contributed by atoms with E-state index in [2.05, 4.69) is 4.98 Å². The van der Waals surface area contributed by atoms with Gasteiger partial charge in [-0.3, -0.25) is 0 Å². The van der Waals surface area contributed by atoms with Crippen LogP contribution in [-0.2, 0) is 0 Å². The number of nitrogen functional groups attached to an aromatic ring is 1. The number of halogens is 1. The molecule has 0 bridgehead atoms. The van der Waals surface area contributed by atoms with Gasteiger partial charge in [-0.15, -0.1) is 0 Å². The molecular weight excluding hydrogens is 284 g/mol. The SMILES string of the molecule is Nc1nccc(Cl)c1-c1ccc(Oc2ccccc2)cc1. The summed E-state index contributed by atoms with van der Waals surface area (Å²) in [6.07, 6.45) is 1.59. The molecule has 4 heteroatoms. The zero-order chi connectivity index (χ0) is 14.7. The van der Waals surface area contributed by atoms with Gasteiger partial charge in [-0.2, -0.15) is 0 Å². The van der Waals surface area contributed by atoms with Gasteiger partial charge in [0.1, 0.15) is 17.3 Å².